The Morgan fingerprint density at radius 3 is 2.79 bits per heavy atom. The van der Waals surface area contributed by atoms with Crippen molar-refractivity contribution in [3.63, 3.8) is 0 Å². The highest BCUT2D eigenvalue weighted by Crippen LogP contribution is 2.15. The number of oxime groups is 1. The highest BCUT2D eigenvalue weighted by atomic mass is 16.5. The summed E-state index contributed by atoms with van der Waals surface area (Å²) in [7, 11) is 1.98. The Labute approximate surface area is 84.5 Å². The van der Waals surface area contributed by atoms with Crippen LogP contribution in [0.2, 0.25) is 0 Å². The topological polar surface area (TPSA) is 71.1 Å². The molecule has 0 aliphatic carbocycles. The van der Waals surface area contributed by atoms with Crippen LogP contribution in [-0.4, -0.2) is 49.3 Å². The number of nitrogens with zero attached hydrogens (tertiary/aromatic N) is 2. The van der Waals surface area contributed by atoms with Gasteiger partial charge in [-0.25, -0.2) is 0 Å². The Morgan fingerprint density at radius 1 is 1.57 bits per heavy atom. The van der Waals surface area contributed by atoms with E-state index in [0.29, 0.717) is 12.5 Å². The van der Waals surface area contributed by atoms with Gasteiger partial charge in [-0.15, -0.1) is 0 Å². The van der Waals surface area contributed by atoms with Crippen LogP contribution in [0.15, 0.2) is 5.16 Å². The van der Waals surface area contributed by atoms with E-state index < -0.39 is 0 Å². The molecule has 1 fully saturated rings. The molecule has 1 rings (SSSR count). The van der Waals surface area contributed by atoms with Crippen molar-refractivity contribution in [3.8, 4) is 0 Å². The molecule has 14 heavy (non-hydrogen) atoms. The van der Waals surface area contributed by atoms with Crippen LogP contribution in [0.5, 0.6) is 0 Å². The number of amidine groups is 1. The summed E-state index contributed by atoms with van der Waals surface area (Å²) >= 11 is 0. The van der Waals surface area contributed by atoms with Crippen LogP contribution in [0.25, 0.3) is 0 Å². The number of ether oxygens (including phenoxy) is 1. The molecule has 0 unspecified atom stereocenters. The predicted molar refractivity (Wildman–Crippen MR) is 54.4 cm³/mol. The molecule has 0 bridgehead atoms. The van der Waals surface area contributed by atoms with Gasteiger partial charge in [-0.1, -0.05) is 5.16 Å². The molecule has 5 heteroatoms. The van der Waals surface area contributed by atoms with Gasteiger partial charge in [0.25, 0.3) is 0 Å². The first-order valence-electron chi connectivity index (χ1n) is 4.95. The molecule has 3 N–H and O–H groups in total. The molecule has 0 aromatic rings. The Morgan fingerprint density at radius 2 is 2.21 bits per heavy atom. The lowest BCUT2D eigenvalue weighted by molar-refractivity contribution is 0.0572. The van der Waals surface area contributed by atoms with E-state index in [4.69, 9.17) is 15.7 Å². The minimum absolute atomic E-state index is 0.263. The van der Waals surface area contributed by atoms with Crippen molar-refractivity contribution in [1.29, 1.82) is 0 Å². The molecule has 0 amide bonds. The van der Waals surface area contributed by atoms with Crippen molar-refractivity contribution < 1.29 is 9.94 Å². The summed E-state index contributed by atoms with van der Waals surface area (Å²) in [6, 6.07) is 0. The third kappa shape index (κ3) is 3.93. The second-order valence-electron chi connectivity index (χ2n) is 3.84. The second-order valence-corrected chi connectivity index (χ2v) is 3.84. The fourth-order valence-corrected chi connectivity index (χ4v) is 1.74. The molecule has 1 aliphatic heterocycles. The fraction of sp³-hybridized carbons (Fsp3) is 0.889. The van der Waals surface area contributed by atoms with E-state index in [-0.39, 0.29) is 5.84 Å². The normalized spacial score (nSPS) is 20.3. The van der Waals surface area contributed by atoms with E-state index in [0.717, 1.165) is 32.6 Å². The van der Waals surface area contributed by atoms with Crippen molar-refractivity contribution >= 4 is 5.84 Å². The predicted octanol–water partition coefficient (Wildman–Crippen LogP) is 0.0912. The van der Waals surface area contributed by atoms with Crippen molar-refractivity contribution in [2.75, 3.05) is 33.4 Å². The van der Waals surface area contributed by atoms with Gasteiger partial charge in [0.1, 0.15) is 0 Å². The van der Waals surface area contributed by atoms with Crippen LogP contribution < -0.4 is 5.73 Å². The Bertz CT molecular complexity index is 190. The zero-order valence-electron chi connectivity index (χ0n) is 8.65. The molecule has 0 atom stereocenters. The molecular formula is C9H19N3O2. The van der Waals surface area contributed by atoms with Gasteiger partial charge in [0.2, 0.25) is 0 Å². The van der Waals surface area contributed by atoms with Gasteiger partial charge in [-0.2, -0.15) is 0 Å². The van der Waals surface area contributed by atoms with Gasteiger partial charge in [0.15, 0.2) is 5.84 Å². The van der Waals surface area contributed by atoms with Crippen LogP contribution in [0.4, 0.5) is 0 Å². The van der Waals surface area contributed by atoms with E-state index in [1.807, 2.05) is 7.05 Å². The first-order chi connectivity index (χ1) is 6.72. The Balaban J connectivity index is 2.21. The molecule has 1 aliphatic rings. The van der Waals surface area contributed by atoms with Gasteiger partial charge in [-0.3, -0.25) is 4.90 Å². The maximum atomic E-state index is 8.41. The van der Waals surface area contributed by atoms with E-state index in [1.54, 1.807) is 0 Å². The van der Waals surface area contributed by atoms with E-state index in [1.165, 1.54) is 0 Å². The summed E-state index contributed by atoms with van der Waals surface area (Å²) in [5.41, 5.74) is 5.41. The third-order valence-corrected chi connectivity index (χ3v) is 2.47. The maximum Gasteiger partial charge on any atom is 0.153 e. The standard InChI is InChI=1S/C9H19N3O2/c1-12(7-9(10)11-13)6-8-2-4-14-5-3-8/h8,13H,2-7H2,1H3,(H2,10,11). The number of rotatable bonds is 4. The molecule has 0 spiro atoms. The Kier molecular flexibility index (Phi) is 4.69. The highest BCUT2D eigenvalue weighted by molar-refractivity contribution is 5.81. The average Bonchev–Trinajstić information content (AvgIpc) is 2.19. The van der Waals surface area contributed by atoms with Crippen LogP contribution in [0.3, 0.4) is 0 Å². The zero-order chi connectivity index (χ0) is 10.4. The van der Waals surface area contributed by atoms with Gasteiger partial charge < -0.3 is 15.7 Å². The molecule has 82 valence electrons. The second kappa shape index (κ2) is 5.82. The average molecular weight is 201 g/mol. The fourth-order valence-electron chi connectivity index (χ4n) is 1.74. The minimum atomic E-state index is 0.263. The van der Waals surface area contributed by atoms with Crippen LogP contribution in [0.1, 0.15) is 12.8 Å². The lowest BCUT2D eigenvalue weighted by Crippen LogP contribution is -2.35. The summed E-state index contributed by atoms with van der Waals surface area (Å²) in [5, 5.41) is 11.4. The molecule has 1 saturated heterocycles. The first-order valence-corrected chi connectivity index (χ1v) is 4.95. The highest BCUT2D eigenvalue weighted by Gasteiger charge is 2.15. The summed E-state index contributed by atoms with van der Waals surface area (Å²) in [6.07, 6.45) is 2.22. The van der Waals surface area contributed by atoms with E-state index in [2.05, 4.69) is 10.1 Å². The van der Waals surface area contributed by atoms with E-state index >= 15 is 0 Å². The SMILES string of the molecule is CN(CC(N)=NO)CC1CCOCC1. The summed E-state index contributed by atoms with van der Waals surface area (Å²) in [5.74, 6) is 0.944. The molecular weight excluding hydrogens is 182 g/mol. The largest absolute Gasteiger partial charge is 0.409 e. The quantitative estimate of drug-likeness (QED) is 0.293. The van der Waals surface area contributed by atoms with E-state index in [9.17, 15) is 0 Å². The summed E-state index contributed by atoms with van der Waals surface area (Å²) < 4.78 is 5.28. The molecule has 5 nitrogen and oxygen atoms in total. The molecule has 0 aromatic carbocycles. The summed E-state index contributed by atoms with van der Waals surface area (Å²) in [6.45, 7) is 3.23. The Hall–Kier alpha value is -0.810. The van der Waals surface area contributed by atoms with Gasteiger partial charge >= 0.3 is 0 Å². The molecule has 0 aromatic heterocycles. The van der Waals surface area contributed by atoms with Gasteiger partial charge in [-0.05, 0) is 25.8 Å². The van der Waals surface area contributed by atoms with Crippen molar-refractivity contribution in [2.24, 2.45) is 16.8 Å². The summed E-state index contributed by atoms with van der Waals surface area (Å²) in [4.78, 5) is 2.07. The first kappa shape index (κ1) is 11.3. The molecule has 0 saturated carbocycles. The number of likely N-dealkylation sites (N-methyl/N-ethyl adjacent to an activating group) is 1. The van der Waals surface area contributed by atoms with Gasteiger partial charge in [0.05, 0.1) is 6.54 Å². The number of nitrogens with two attached hydrogens (primary N) is 1. The van der Waals surface area contributed by atoms with Crippen LogP contribution in [0, 0.1) is 5.92 Å². The lowest BCUT2D eigenvalue weighted by atomic mass is 10.00. The minimum Gasteiger partial charge on any atom is -0.409 e. The van der Waals surface area contributed by atoms with Crippen molar-refractivity contribution in [3.05, 3.63) is 0 Å². The van der Waals surface area contributed by atoms with Crippen LogP contribution in [-0.2, 0) is 4.74 Å². The third-order valence-electron chi connectivity index (χ3n) is 2.47. The molecule has 1 heterocycles. The van der Waals surface area contributed by atoms with Crippen LogP contribution >= 0.6 is 0 Å². The zero-order valence-corrected chi connectivity index (χ0v) is 8.65. The number of hydrogen-bond donors (Lipinski definition) is 2. The maximum absolute atomic E-state index is 8.41. The van der Waals surface area contributed by atoms with Gasteiger partial charge in [0, 0.05) is 19.8 Å². The molecule has 0 radical (unpaired) electrons. The lowest BCUT2D eigenvalue weighted by Gasteiger charge is -2.26. The van der Waals surface area contributed by atoms with Crippen molar-refractivity contribution in [1.82, 2.24) is 4.90 Å². The van der Waals surface area contributed by atoms with Crippen molar-refractivity contribution in [2.45, 2.75) is 12.8 Å². The smallest absolute Gasteiger partial charge is 0.153 e. The monoisotopic (exact) mass is 201 g/mol. The number of hydrogen-bond acceptors (Lipinski definition) is 4.